The fourth-order valence-electron chi connectivity index (χ4n) is 6.81. The van der Waals surface area contributed by atoms with E-state index in [1.807, 2.05) is 49.3 Å². The third kappa shape index (κ3) is 4.31. The van der Waals surface area contributed by atoms with Crippen molar-refractivity contribution >= 4 is 34.6 Å². The van der Waals surface area contributed by atoms with Gasteiger partial charge in [0.25, 0.3) is 5.91 Å². The molecule has 3 aliphatic rings. The predicted molar refractivity (Wildman–Crippen MR) is 157 cm³/mol. The number of hydrogen-bond acceptors (Lipinski definition) is 10. The number of likely N-dealkylation sites (N-methyl/N-ethyl adjacent to an activating group) is 1. The summed E-state index contributed by atoms with van der Waals surface area (Å²) in [6, 6.07) is 10.5. The van der Waals surface area contributed by atoms with E-state index in [2.05, 4.69) is 5.32 Å². The number of benzene rings is 2. The normalized spacial score (nSPS) is 25.2. The number of fused-ring (bicyclic) bond motifs is 3. The number of aromatic hydroxyl groups is 1. The van der Waals surface area contributed by atoms with Crippen molar-refractivity contribution in [1.82, 2.24) is 4.90 Å². The molecule has 4 atom stereocenters. The Bertz CT molecular complexity index is 1550. The van der Waals surface area contributed by atoms with E-state index in [-0.39, 0.29) is 29.7 Å². The van der Waals surface area contributed by atoms with Crippen molar-refractivity contribution < 1.29 is 34.8 Å². The third-order valence-corrected chi connectivity index (χ3v) is 8.75. The van der Waals surface area contributed by atoms with Crippen LogP contribution in [0.15, 0.2) is 53.3 Å². The summed E-state index contributed by atoms with van der Waals surface area (Å²) >= 11 is 0. The first kappa shape index (κ1) is 29.2. The summed E-state index contributed by atoms with van der Waals surface area (Å²) in [5, 5.41) is 49.0. The molecule has 1 saturated carbocycles. The molecule has 1 amide bonds. The monoisotopic (exact) mass is 576 g/mol. The molecule has 42 heavy (non-hydrogen) atoms. The SMILES string of the molecule is CN(C)c1cc(NCCc2ccccc2)c(O)c2c1C[C@H]1C[C@H]3C(N(C)C)C(=O)C(C(N)=O)=C(O)[C@@]3(O)C(=O)C1=C2O. The summed E-state index contributed by atoms with van der Waals surface area (Å²) in [7, 11) is 6.80. The molecule has 0 heterocycles. The van der Waals surface area contributed by atoms with Crippen molar-refractivity contribution in [2.75, 3.05) is 45.0 Å². The first-order chi connectivity index (χ1) is 19.8. The second-order valence-corrected chi connectivity index (χ2v) is 11.7. The Morgan fingerprint density at radius 1 is 1.10 bits per heavy atom. The van der Waals surface area contributed by atoms with Crippen LogP contribution in [0.1, 0.15) is 23.1 Å². The quantitative estimate of drug-likeness (QED) is 0.210. The number of nitrogens with zero attached hydrogens (tertiary/aromatic N) is 2. The number of carbonyl (C=O) groups excluding carboxylic acids is 3. The van der Waals surface area contributed by atoms with E-state index in [0.717, 1.165) is 5.56 Å². The third-order valence-electron chi connectivity index (χ3n) is 8.75. The Labute approximate surface area is 243 Å². The molecule has 1 unspecified atom stereocenters. The zero-order valence-electron chi connectivity index (χ0n) is 24.0. The smallest absolute Gasteiger partial charge is 0.255 e. The topological polar surface area (TPSA) is 177 Å². The lowest BCUT2D eigenvalue weighted by atomic mass is 9.57. The minimum Gasteiger partial charge on any atom is -0.508 e. The van der Waals surface area contributed by atoms with E-state index in [9.17, 15) is 34.8 Å². The molecule has 7 N–H and O–H groups in total. The molecule has 1 fully saturated rings. The average Bonchev–Trinajstić information content (AvgIpc) is 2.92. The molecule has 3 aliphatic carbocycles. The highest BCUT2D eigenvalue weighted by atomic mass is 16.3. The number of phenolic OH excluding ortho intramolecular Hbond substituents is 1. The maximum absolute atomic E-state index is 14.1. The lowest BCUT2D eigenvalue weighted by molar-refractivity contribution is -0.153. The van der Waals surface area contributed by atoms with Crippen LogP contribution in [-0.4, -0.2) is 89.2 Å². The Morgan fingerprint density at radius 3 is 2.36 bits per heavy atom. The molecule has 2 aromatic carbocycles. The number of nitrogens with two attached hydrogens (primary N) is 1. The zero-order valence-corrected chi connectivity index (χ0v) is 24.0. The number of hydrogen-bond donors (Lipinski definition) is 6. The highest BCUT2D eigenvalue weighted by molar-refractivity contribution is 6.24. The fourth-order valence-corrected chi connectivity index (χ4v) is 6.81. The molecule has 0 radical (unpaired) electrons. The fraction of sp³-hybridized carbons (Fsp3) is 0.387. The number of anilines is 2. The second-order valence-electron chi connectivity index (χ2n) is 11.7. The van der Waals surface area contributed by atoms with Gasteiger partial charge in [0.15, 0.2) is 11.4 Å². The number of phenols is 1. The van der Waals surface area contributed by atoms with E-state index in [1.165, 1.54) is 4.90 Å². The van der Waals surface area contributed by atoms with Gasteiger partial charge >= 0.3 is 0 Å². The van der Waals surface area contributed by atoms with Crippen molar-refractivity contribution in [2.24, 2.45) is 17.6 Å². The lowest BCUT2D eigenvalue weighted by Crippen LogP contribution is -2.65. The highest BCUT2D eigenvalue weighted by Crippen LogP contribution is 2.54. The Kier molecular flexibility index (Phi) is 7.28. The standard InChI is InChI=1S/C31H36N4O7/c1-34(2)20-14-19(33-11-10-15-8-6-5-7-9-15)25(36)22-17(20)12-16-13-18-24(35(3)4)27(38)23(30(32)41)29(40)31(18,42)28(39)21(16)26(22)37/h5-9,14,16,18,24,33,36-37,40,42H,10-13H2,1-4H3,(H2,32,41)/t16-,18-,24?,31-/m0/s1. The van der Waals surface area contributed by atoms with Crippen molar-refractivity contribution in [2.45, 2.75) is 30.9 Å². The minimum atomic E-state index is -2.67. The molecule has 11 nitrogen and oxygen atoms in total. The van der Waals surface area contributed by atoms with Crippen LogP contribution in [0.3, 0.4) is 0 Å². The van der Waals surface area contributed by atoms with Crippen molar-refractivity contribution in [1.29, 1.82) is 0 Å². The van der Waals surface area contributed by atoms with E-state index < -0.39 is 58.0 Å². The molecule has 0 aromatic heterocycles. The van der Waals surface area contributed by atoms with Crippen LogP contribution in [-0.2, 0) is 27.2 Å². The van der Waals surface area contributed by atoms with Gasteiger partial charge in [-0.1, -0.05) is 30.3 Å². The number of amides is 1. The number of primary amides is 1. The van der Waals surface area contributed by atoms with Crippen molar-refractivity contribution in [3.05, 3.63) is 70.0 Å². The van der Waals surface area contributed by atoms with Gasteiger partial charge < -0.3 is 36.4 Å². The molecular formula is C31H36N4O7. The summed E-state index contributed by atoms with van der Waals surface area (Å²) in [5.74, 6) is -6.70. The maximum Gasteiger partial charge on any atom is 0.255 e. The number of rotatable bonds is 7. The first-order valence-electron chi connectivity index (χ1n) is 13.8. The number of aliphatic hydroxyl groups is 3. The Morgan fingerprint density at radius 2 is 1.76 bits per heavy atom. The van der Waals surface area contributed by atoms with Crippen LogP contribution < -0.4 is 16.0 Å². The molecule has 222 valence electrons. The average molecular weight is 577 g/mol. The van der Waals surface area contributed by atoms with Gasteiger partial charge in [-0.3, -0.25) is 19.3 Å². The lowest BCUT2D eigenvalue weighted by Gasteiger charge is -2.50. The molecule has 5 rings (SSSR count). The van der Waals surface area contributed by atoms with Gasteiger partial charge in [-0.05, 0) is 56.5 Å². The van der Waals surface area contributed by atoms with Gasteiger partial charge in [0.05, 0.1) is 17.3 Å². The van der Waals surface area contributed by atoms with Crippen LogP contribution >= 0.6 is 0 Å². The van der Waals surface area contributed by atoms with Crippen molar-refractivity contribution in [3.63, 3.8) is 0 Å². The summed E-state index contributed by atoms with van der Waals surface area (Å²) in [4.78, 5) is 42.8. The van der Waals surface area contributed by atoms with Gasteiger partial charge in [0, 0.05) is 37.8 Å². The number of carbonyl (C=O) groups is 3. The molecule has 0 spiro atoms. The number of aliphatic hydroxyl groups excluding tert-OH is 2. The highest BCUT2D eigenvalue weighted by Gasteiger charge is 2.64. The zero-order chi connectivity index (χ0) is 30.7. The van der Waals surface area contributed by atoms with E-state index in [1.54, 1.807) is 20.2 Å². The van der Waals surface area contributed by atoms with Crippen LogP contribution in [0, 0.1) is 11.8 Å². The Balaban J connectivity index is 1.63. The van der Waals surface area contributed by atoms with Gasteiger partial charge in [-0.25, -0.2) is 0 Å². The number of nitrogens with one attached hydrogen (secondary N) is 1. The van der Waals surface area contributed by atoms with Crippen LogP contribution in [0.2, 0.25) is 0 Å². The summed E-state index contributed by atoms with van der Waals surface area (Å²) in [6.07, 6.45) is 0.937. The van der Waals surface area contributed by atoms with Gasteiger partial charge in [-0.15, -0.1) is 0 Å². The largest absolute Gasteiger partial charge is 0.508 e. The summed E-state index contributed by atoms with van der Waals surface area (Å²) in [6.45, 7) is 0.484. The number of ketones is 2. The van der Waals surface area contributed by atoms with Gasteiger partial charge in [0.2, 0.25) is 5.78 Å². The van der Waals surface area contributed by atoms with Gasteiger partial charge in [-0.2, -0.15) is 0 Å². The number of Topliss-reactive ketones (excluding diaryl/α,β-unsaturated/α-hetero) is 2. The van der Waals surface area contributed by atoms with Crippen LogP contribution in [0.25, 0.3) is 5.76 Å². The second kappa shape index (κ2) is 10.5. The molecular weight excluding hydrogens is 540 g/mol. The van der Waals surface area contributed by atoms with E-state index >= 15 is 0 Å². The molecule has 0 aliphatic heterocycles. The molecule has 11 heteroatoms. The van der Waals surface area contributed by atoms with E-state index in [4.69, 9.17) is 5.73 Å². The Hall–Kier alpha value is -4.35. The predicted octanol–water partition coefficient (Wildman–Crippen LogP) is 1.68. The molecule has 0 bridgehead atoms. The first-order valence-corrected chi connectivity index (χ1v) is 13.8. The summed E-state index contributed by atoms with van der Waals surface area (Å²) in [5.41, 5.74) is 4.54. The van der Waals surface area contributed by atoms with Gasteiger partial charge in [0.1, 0.15) is 22.8 Å². The van der Waals surface area contributed by atoms with E-state index in [0.29, 0.717) is 29.9 Å². The molecule has 0 saturated heterocycles. The molecule has 2 aromatic rings. The van der Waals surface area contributed by atoms with Crippen molar-refractivity contribution in [3.8, 4) is 5.75 Å². The summed E-state index contributed by atoms with van der Waals surface area (Å²) < 4.78 is 0. The maximum atomic E-state index is 14.1. The van der Waals surface area contributed by atoms with Crippen LogP contribution in [0.5, 0.6) is 5.75 Å². The van der Waals surface area contributed by atoms with Crippen LogP contribution in [0.4, 0.5) is 11.4 Å². The minimum absolute atomic E-state index is 0.0382.